The Kier molecular flexibility index (Phi) is 2.50. The molecule has 1 heterocycles. The maximum atomic E-state index is 10.8. The predicted molar refractivity (Wildman–Crippen MR) is 55.5 cm³/mol. The fraction of sp³-hybridized carbons (Fsp3) is 0.636. The van der Waals surface area contributed by atoms with Crippen LogP contribution in [-0.4, -0.2) is 20.9 Å². The van der Waals surface area contributed by atoms with E-state index in [2.05, 4.69) is 18.9 Å². The van der Waals surface area contributed by atoms with Crippen molar-refractivity contribution in [3.63, 3.8) is 0 Å². The third-order valence-corrected chi connectivity index (χ3v) is 2.78. The van der Waals surface area contributed by atoms with Gasteiger partial charge in [0.25, 0.3) is 0 Å². The summed E-state index contributed by atoms with van der Waals surface area (Å²) in [5.74, 6) is -0.153. The minimum absolute atomic E-state index is 0.184. The van der Waals surface area contributed by atoms with E-state index in [9.17, 15) is 4.79 Å². The van der Waals surface area contributed by atoms with Crippen LogP contribution in [0.2, 0.25) is 0 Å². The minimum Gasteiger partial charge on any atom is -0.481 e. The molecule has 4 nitrogen and oxygen atoms in total. The second-order valence-corrected chi connectivity index (χ2v) is 4.62. The average molecular weight is 208 g/mol. The first-order chi connectivity index (χ1) is 7.09. The molecule has 0 amide bonds. The van der Waals surface area contributed by atoms with Crippen LogP contribution in [0.25, 0.3) is 0 Å². The van der Waals surface area contributed by atoms with Gasteiger partial charge in [-0.3, -0.25) is 9.48 Å². The van der Waals surface area contributed by atoms with E-state index < -0.39 is 5.97 Å². The summed E-state index contributed by atoms with van der Waals surface area (Å²) in [5, 5.41) is 13.1. The summed E-state index contributed by atoms with van der Waals surface area (Å²) < 4.78 is 1.94. The molecule has 1 aliphatic carbocycles. The average Bonchev–Trinajstić information content (AvgIpc) is 2.81. The first kappa shape index (κ1) is 10.2. The molecule has 0 aliphatic heterocycles. The SMILES string of the molecule is CC(C)Cn1nccc1[C@@H]1C[C@@H]1C(=O)O. The predicted octanol–water partition coefficient (Wildman–Crippen LogP) is 1.73. The smallest absolute Gasteiger partial charge is 0.307 e. The number of hydrogen-bond donors (Lipinski definition) is 1. The van der Waals surface area contributed by atoms with Crippen molar-refractivity contribution >= 4 is 5.97 Å². The van der Waals surface area contributed by atoms with Crippen LogP contribution in [0.1, 0.15) is 31.9 Å². The molecule has 15 heavy (non-hydrogen) atoms. The molecule has 4 heteroatoms. The highest BCUT2D eigenvalue weighted by molar-refractivity contribution is 5.75. The summed E-state index contributed by atoms with van der Waals surface area (Å²) in [4.78, 5) is 10.8. The summed E-state index contributed by atoms with van der Waals surface area (Å²) in [6, 6.07) is 1.94. The van der Waals surface area contributed by atoms with Gasteiger partial charge in [-0.05, 0) is 18.4 Å². The molecule has 2 rings (SSSR count). The van der Waals surface area contributed by atoms with E-state index in [0.29, 0.717) is 5.92 Å². The highest BCUT2D eigenvalue weighted by atomic mass is 16.4. The fourth-order valence-electron chi connectivity index (χ4n) is 1.95. The van der Waals surface area contributed by atoms with Gasteiger partial charge in [-0.1, -0.05) is 13.8 Å². The molecule has 1 saturated carbocycles. The molecule has 0 bridgehead atoms. The van der Waals surface area contributed by atoms with Crippen molar-refractivity contribution in [2.45, 2.75) is 32.7 Å². The summed E-state index contributed by atoms with van der Waals surface area (Å²) in [6.07, 6.45) is 2.52. The Morgan fingerprint density at radius 2 is 2.47 bits per heavy atom. The lowest BCUT2D eigenvalue weighted by Gasteiger charge is -2.09. The number of aliphatic carboxylic acids is 1. The van der Waals surface area contributed by atoms with Gasteiger partial charge >= 0.3 is 5.97 Å². The Hall–Kier alpha value is -1.32. The van der Waals surface area contributed by atoms with Crippen LogP contribution in [0.4, 0.5) is 0 Å². The van der Waals surface area contributed by atoms with Gasteiger partial charge in [-0.2, -0.15) is 5.10 Å². The van der Waals surface area contributed by atoms with E-state index in [0.717, 1.165) is 18.7 Å². The Labute approximate surface area is 88.9 Å². The van der Waals surface area contributed by atoms with Gasteiger partial charge in [-0.25, -0.2) is 0 Å². The molecular weight excluding hydrogens is 192 g/mol. The number of nitrogens with zero attached hydrogens (tertiary/aromatic N) is 2. The van der Waals surface area contributed by atoms with Crippen molar-refractivity contribution in [1.82, 2.24) is 9.78 Å². The number of rotatable bonds is 4. The van der Waals surface area contributed by atoms with Gasteiger partial charge in [0.05, 0.1) is 5.92 Å². The molecule has 0 unspecified atom stereocenters. The Balaban J connectivity index is 2.10. The summed E-state index contributed by atoms with van der Waals surface area (Å²) >= 11 is 0. The van der Waals surface area contributed by atoms with Crippen LogP contribution in [0.3, 0.4) is 0 Å². The maximum absolute atomic E-state index is 10.8. The summed E-state index contributed by atoms with van der Waals surface area (Å²) in [6.45, 7) is 5.13. The van der Waals surface area contributed by atoms with E-state index >= 15 is 0 Å². The van der Waals surface area contributed by atoms with Gasteiger partial charge < -0.3 is 5.11 Å². The molecular formula is C11H16N2O2. The zero-order valence-corrected chi connectivity index (χ0v) is 9.05. The standard InChI is InChI=1S/C11H16N2O2/c1-7(2)6-13-10(3-4-12-13)8-5-9(8)11(14)15/h3-4,7-9H,5-6H2,1-2H3,(H,14,15)/t8-,9+/m1/s1. The van der Waals surface area contributed by atoms with Crippen molar-refractivity contribution in [2.75, 3.05) is 0 Å². The lowest BCUT2D eigenvalue weighted by atomic mass is 10.2. The first-order valence-corrected chi connectivity index (χ1v) is 5.34. The van der Waals surface area contributed by atoms with Gasteiger partial charge in [-0.15, -0.1) is 0 Å². The molecule has 82 valence electrons. The summed E-state index contributed by atoms with van der Waals surface area (Å²) in [5.41, 5.74) is 1.08. The molecule has 0 spiro atoms. The third kappa shape index (κ3) is 2.03. The van der Waals surface area contributed by atoms with Crippen LogP contribution in [0.5, 0.6) is 0 Å². The molecule has 1 fully saturated rings. The zero-order chi connectivity index (χ0) is 11.0. The molecule has 1 aromatic rings. The van der Waals surface area contributed by atoms with Gasteiger partial charge in [0, 0.05) is 24.4 Å². The lowest BCUT2D eigenvalue weighted by Crippen LogP contribution is -2.10. The van der Waals surface area contributed by atoms with Crippen LogP contribution in [0, 0.1) is 11.8 Å². The number of carbonyl (C=O) groups is 1. The molecule has 1 aromatic heterocycles. The normalized spacial score (nSPS) is 24.5. The van der Waals surface area contributed by atoms with Gasteiger partial charge in [0.2, 0.25) is 0 Å². The molecule has 2 atom stereocenters. The molecule has 1 aliphatic rings. The zero-order valence-electron chi connectivity index (χ0n) is 9.05. The van der Waals surface area contributed by atoms with Crippen LogP contribution in [-0.2, 0) is 11.3 Å². The van der Waals surface area contributed by atoms with Crippen LogP contribution >= 0.6 is 0 Å². The summed E-state index contributed by atoms with van der Waals surface area (Å²) in [7, 11) is 0. The largest absolute Gasteiger partial charge is 0.481 e. The minimum atomic E-state index is -0.683. The van der Waals surface area contributed by atoms with Gasteiger partial charge in [0.15, 0.2) is 0 Å². The molecule has 0 radical (unpaired) electrons. The molecule has 0 aromatic carbocycles. The van der Waals surface area contributed by atoms with Crippen molar-refractivity contribution in [3.8, 4) is 0 Å². The highest BCUT2D eigenvalue weighted by Gasteiger charge is 2.45. The number of aromatic nitrogens is 2. The Morgan fingerprint density at radius 3 is 3.00 bits per heavy atom. The van der Waals surface area contributed by atoms with Crippen molar-refractivity contribution in [1.29, 1.82) is 0 Å². The maximum Gasteiger partial charge on any atom is 0.307 e. The lowest BCUT2D eigenvalue weighted by molar-refractivity contribution is -0.138. The second-order valence-electron chi connectivity index (χ2n) is 4.62. The Bertz CT molecular complexity index is 370. The van der Waals surface area contributed by atoms with Crippen molar-refractivity contribution in [3.05, 3.63) is 18.0 Å². The van der Waals surface area contributed by atoms with E-state index in [1.807, 2.05) is 10.7 Å². The first-order valence-electron chi connectivity index (χ1n) is 5.34. The third-order valence-electron chi connectivity index (χ3n) is 2.78. The fourth-order valence-corrected chi connectivity index (χ4v) is 1.95. The van der Waals surface area contributed by atoms with Crippen molar-refractivity contribution < 1.29 is 9.90 Å². The number of carboxylic acids is 1. The van der Waals surface area contributed by atoms with Crippen LogP contribution in [0.15, 0.2) is 12.3 Å². The van der Waals surface area contributed by atoms with Crippen LogP contribution < -0.4 is 0 Å². The van der Waals surface area contributed by atoms with Gasteiger partial charge in [0.1, 0.15) is 0 Å². The Morgan fingerprint density at radius 1 is 1.73 bits per heavy atom. The quantitative estimate of drug-likeness (QED) is 0.819. The van der Waals surface area contributed by atoms with E-state index in [-0.39, 0.29) is 11.8 Å². The number of carboxylic acid groups (broad SMARTS) is 1. The second kappa shape index (κ2) is 3.68. The molecule has 1 N–H and O–H groups in total. The van der Waals surface area contributed by atoms with E-state index in [4.69, 9.17) is 5.11 Å². The van der Waals surface area contributed by atoms with E-state index in [1.54, 1.807) is 6.20 Å². The number of hydrogen-bond acceptors (Lipinski definition) is 2. The monoisotopic (exact) mass is 208 g/mol. The highest BCUT2D eigenvalue weighted by Crippen LogP contribution is 2.47. The molecule has 0 saturated heterocycles. The van der Waals surface area contributed by atoms with E-state index in [1.165, 1.54) is 0 Å². The van der Waals surface area contributed by atoms with Crippen molar-refractivity contribution in [2.24, 2.45) is 11.8 Å². The topological polar surface area (TPSA) is 55.1 Å².